The molecule has 3 rings (SSSR count). The summed E-state index contributed by atoms with van der Waals surface area (Å²) in [5, 5.41) is 13.8. The van der Waals surface area contributed by atoms with Gasteiger partial charge in [0.25, 0.3) is 0 Å². The van der Waals surface area contributed by atoms with E-state index >= 15 is 0 Å². The Kier molecular flexibility index (Phi) is 4.63. The Morgan fingerprint density at radius 3 is 2.81 bits per heavy atom. The van der Waals surface area contributed by atoms with E-state index in [9.17, 15) is 5.11 Å². The molecule has 1 aliphatic rings. The van der Waals surface area contributed by atoms with Gasteiger partial charge in [0.2, 0.25) is 0 Å². The molecule has 0 fully saturated rings. The van der Waals surface area contributed by atoms with Gasteiger partial charge in [-0.15, -0.1) is 0 Å². The first-order valence-electron chi connectivity index (χ1n) is 7.74. The van der Waals surface area contributed by atoms with Crippen LogP contribution in [0.5, 0.6) is 0 Å². The molecule has 3 nitrogen and oxygen atoms in total. The molecule has 0 saturated carbocycles. The molecule has 1 aromatic carbocycles. The molecule has 2 atom stereocenters. The van der Waals surface area contributed by atoms with Gasteiger partial charge < -0.3 is 10.4 Å². The second-order valence-corrected chi connectivity index (χ2v) is 5.70. The Bertz CT molecular complexity index is 570. The van der Waals surface area contributed by atoms with E-state index in [1.54, 1.807) is 12.4 Å². The highest BCUT2D eigenvalue weighted by Crippen LogP contribution is 2.28. The number of aryl methyl sites for hydroxylation is 1. The number of fused-ring (bicyclic) bond motifs is 1. The van der Waals surface area contributed by atoms with Crippen molar-refractivity contribution in [2.75, 3.05) is 6.54 Å². The predicted molar refractivity (Wildman–Crippen MR) is 83.9 cm³/mol. The molecule has 0 spiro atoms. The molecule has 0 bridgehead atoms. The lowest BCUT2D eigenvalue weighted by molar-refractivity contribution is 0.169. The number of nitrogens with zero attached hydrogens (tertiary/aromatic N) is 1. The van der Waals surface area contributed by atoms with Crippen LogP contribution in [0.15, 0.2) is 48.8 Å². The summed E-state index contributed by atoms with van der Waals surface area (Å²) < 4.78 is 0. The van der Waals surface area contributed by atoms with E-state index in [0.29, 0.717) is 12.6 Å². The molecule has 2 N–H and O–H groups in total. The van der Waals surface area contributed by atoms with Gasteiger partial charge in [0, 0.05) is 25.0 Å². The van der Waals surface area contributed by atoms with Gasteiger partial charge in [-0.25, -0.2) is 0 Å². The average Bonchev–Trinajstić information content (AvgIpc) is 2.76. The fraction of sp³-hybridized carbons (Fsp3) is 0.389. The van der Waals surface area contributed by atoms with Crippen LogP contribution in [0.4, 0.5) is 0 Å². The third kappa shape index (κ3) is 3.49. The second kappa shape index (κ2) is 6.83. The third-order valence-electron chi connectivity index (χ3n) is 4.27. The maximum absolute atomic E-state index is 10.3. The lowest BCUT2D eigenvalue weighted by Crippen LogP contribution is -2.26. The SMILES string of the molecule is OC(CNC1CCCCc2ccccc21)c1ccncc1. The molecule has 0 saturated heterocycles. The van der Waals surface area contributed by atoms with E-state index < -0.39 is 6.10 Å². The largest absolute Gasteiger partial charge is 0.387 e. The number of aliphatic hydroxyl groups excluding tert-OH is 1. The van der Waals surface area contributed by atoms with Crippen LogP contribution in [0, 0.1) is 0 Å². The number of aliphatic hydroxyl groups is 1. The summed E-state index contributed by atoms with van der Waals surface area (Å²) in [5.74, 6) is 0. The molecule has 1 aliphatic carbocycles. The third-order valence-corrected chi connectivity index (χ3v) is 4.27. The van der Waals surface area contributed by atoms with E-state index in [0.717, 1.165) is 12.0 Å². The van der Waals surface area contributed by atoms with Gasteiger partial charge in [0.15, 0.2) is 0 Å². The molecule has 110 valence electrons. The molecule has 0 aliphatic heterocycles. The Morgan fingerprint density at radius 1 is 1.14 bits per heavy atom. The van der Waals surface area contributed by atoms with Crippen LogP contribution in [0.25, 0.3) is 0 Å². The van der Waals surface area contributed by atoms with Crippen molar-refractivity contribution in [3.63, 3.8) is 0 Å². The van der Waals surface area contributed by atoms with Gasteiger partial charge in [-0.1, -0.05) is 30.7 Å². The van der Waals surface area contributed by atoms with Gasteiger partial charge in [0.05, 0.1) is 6.10 Å². The number of hydrogen-bond acceptors (Lipinski definition) is 3. The van der Waals surface area contributed by atoms with E-state index in [-0.39, 0.29) is 0 Å². The molecule has 0 amide bonds. The van der Waals surface area contributed by atoms with E-state index in [1.165, 1.54) is 30.4 Å². The smallest absolute Gasteiger partial charge is 0.0915 e. The molecule has 2 unspecified atom stereocenters. The van der Waals surface area contributed by atoms with Crippen molar-refractivity contribution in [1.82, 2.24) is 10.3 Å². The molecule has 21 heavy (non-hydrogen) atoms. The highest BCUT2D eigenvalue weighted by Gasteiger charge is 2.19. The van der Waals surface area contributed by atoms with E-state index in [2.05, 4.69) is 34.6 Å². The Hall–Kier alpha value is -1.71. The predicted octanol–water partition coefficient (Wildman–Crippen LogP) is 3.17. The fourth-order valence-corrected chi connectivity index (χ4v) is 3.09. The standard InChI is InChI=1S/C18H22N2O/c21-18(15-9-11-19-12-10-15)13-20-17-8-4-2-6-14-5-1-3-7-16(14)17/h1,3,5,7,9-12,17-18,20-21H,2,4,6,8,13H2. The van der Waals surface area contributed by atoms with Crippen molar-refractivity contribution in [3.8, 4) is 0 Å². The molecular weight excluding hydrogens is 260 g/mol. The zero-order valence-corrected chi connectivity index (χ0v) is 12.2. The number of hydrogen-bond donors (Lipinski definition) is 2. The van der Waals surface area contributed by atoms with Crippen molar-refractivity contribution in [2.45, 2.75) is 37.8 Å². The maximum Gasteiger partial charge on any atom is 0.0915 e. The normalized spacial score (nSPS) is 19.6. The van der Waals surface area contributed by atoms with Crippen molar-refractivity contribution in [1.29, 1.82) is 0 Å². The van der Waals surface area contributed by atoms with Crippen molar-refractivity contribution in [2.24, 2.45) is 0 Å². The van der Waals surface area contributed by atoms with Crippen LogP contribution in [0.3, 0.4) is 0 Å². The number of pyridine rings is 1. The van der Waals surface area contributed by atoms with Crippen LogP contribution in [0.1, 0.15) is 48.1 Å². The molecule has 0 radical (unpaired) electrons. The van der Waals surface area contributed by atoms with Gasteiger partial charge in [0.1, 0.15) is 0 Å². The number of nitrogens with one attached hydrogen (secondary N) is 1. The van der Waals surface area contributed by atoms with Crippen LogP contribution in [-0.2, 0) is 6.42 Å². The summed E-state index contributed by atoms with van der Waals surface area (Å²) in [6.07, 6.45) is 7.75. The Morgan fingerprint density at radius 2 is 1.95 bits per heavy atom. The summed E-state index contributed by atoms with van der Waals surface area (Å²) in [5.41, 5.74) is 3.77. The first kappa shape index (κ1) is 14.2. The number of benzene rings is 1. The van der Waals surface area contributed by atoms with E-state index in [1.807, 2.05) is 12.1 Å². The summed E-state index contributed by atoms with van der Waals surface area (Å²) in [7, 11) is 0. The number of aromatic nitrogens is 1. The van der Waals surface area contributed by atoms with Crippen LogP contribution < -0.4 is 5.32 Å². The summed E-state index contributed by atoms with van der Waals surface area (Å²) in [6, 6.07) is 12.8. The second-order valence-electron chi connectivity index (χ2n) is 5.70. The van der Waals surface area contributed by atoms with Crippen LogP contribution in [-0.4, -0.2) is 16.6 Å². The topological polar surface area (TPSA) is 45.1 Å². The Labute approximate surface area is 126 Å². The molecule has 1 aromatic heterocycles. The quantitative estimate of drug-likeness (QED) is 0.847. The lowest BCUT2D eigenvalue weighted by Gasteiger charge is -2.21. The highest BCUT2D eigenvalue weighted by molar-refractivity contribution is 5.31. The van der Waals surface area contributed by atoms with Gasteiger partial charge in [-0.3, -0.25) is 4.98 Å². The van der Waals surface area contributed by atoms with E-state index in [4.69, 9.17) is 0 Å². The van der Waals surface area contributed by atoms with Gasteiger partial charge in [-0.05, 0) is 48.1 Å². The first-order valence-corrected chi connectivity index (χ1v) is 7.74. The molecule has 1 heterocycles. The van der Waals surface area contributed by atoms with Crippen molar-refractivity contribution >= 4 is 0 Å². The lowest BCUT2D eigenvalue weighted by atomic mass is 9.99. The number of rotatable bonds is 4. The Balaban J connectivity index is 1.68. The van der Waals surface area contributed by atoms with Gasteiger partial charge >= 0.3 is 0 Å². The maximum atomic E-state index is 10.3. The fourth-order valence-electron chi connectivity index (χ4n) is 3.09. The zero-order chi connectivity index (χ0) is 14.5. The molecular formula is C18H22N2O. The zero-order valence-electron chi connectivity index (χ0n) is 12.2. The van der Waals surface area contributed by atoms with Crippen molar-refractivity contribution < 1.29 is 5.11 Å². The molecule has 2 aromatic rings. The average molecular weight is 282 g/mol. The summed E-state index contributed by atoms with van der Waals surface area (Å²) >= 11 is 0. The minimum atomic E-state index is -0.483. The van der Waals surface area contributed by atoms with Crippen LogP contribution in [0.2, 0.25) is 0 Å². The minimum absolute atomic E-state index is 0.347. The minimum Gasteiger partial charge on any atom is -0.387 e. The highest BCUT2D eigenvalue weighted by atomic mass is 16.3. The monoisotopic (exact) mass is 282 g/mol. The summed E-state index contributed by atoms with van der Waals surface area (Å²) in [4.78, 5) is 3.99. The summed E-state index contributed by atoms with van der Waals surface area (Å²) in [6.45, 7) is 0.572. The van der Waals surface area contributed by atoms with Crippen molar-refractivity contribution in [3.05, 3.63) is 65.5 Å². The molecule has 3 heteroatoms. The first-order chi connectivity index (χ1) is 10.3. The van der Waals surface area contributed by atoms with Crippen LogP contribution >= 0.6 is 0 Å². The van der Waals surface area contributed by atoms with Gasteiger partial charge in [-0.2, -0.15) is 0 Å².